The Hall–Kier alpha value is -5.83. The third-order valence-electron chi connectivity index (χ3n) is 15.0. The quantitative estimate of drug-likeness (QED) is 0.0390. The maximum Gasteiger partial charge on any atom is 0.446 e. The number of aromatic hydroxyl groups is 1. The Morgan fingerprint density at radius 3 is 2.00 bits per heavy atom. The molecule has 3 heterocycles. The fraction of sp³-hybridized carbons (Fsp3) is 0.725. The van der Waals surface area contributed by atoms with Crippen molar-refractivity contribution in [1.29, 1.82) is 0 Å². The molecule has 17 N–H and O–H groups in total. The van der Waals surface area contributed by atoms with Crippen molar-refractivity contribution in [3.63, 3.8) is 0 Å². The Bertz CT molecular complexity index is 2470. The third-order valence-corrected chi connectivity index (χ3v) is 15.3. The molecule has 0 bridgehead atoms. The number of carbonyl (C=O) groups is 8. The molecule has 3 aliphatic heterocycles. The molecule has 458 valence electrons. The highest BCUT2D eigenvalue weighted by atomic mass is 32.3. The molecule has 0 spiro atoms. The van der Waals surface area contributed by atoms with Gasteiger partial charge in [-0.3, -0.25) is 42.9 Å². The second-order valence-corrected chi connectivity index (χ2v) is 22.8. The molecule has 1 aromatic rings. The number of nitrogens with one attached hydrogen (secondary N) is 5. The molecule has 0 aromatic heterocycles. The van der Waals surface area contributed by atoms with Crippen molar-refractivity contribution in [3.8, 4) is 11.5 Å². The van der Waals surface area contributed by atoms with Crippen LogP contribution in [0.15, 0.2) is 18.2 Å². The number of hydrogen-bond acceptors (Lipinski definition) is 20. The van der Waals surface area contributed by atoms with Crippen LogP contribution >= 0.6 is 0 Å². The monoisotopic (exact) mass is 1170 g/mol. The number of carbonyl (C=O) groups excluding carboxylic acids is 8. The van der Waals surface area contributed by atoms with Gasteiger partial charge < -0.3 is 92.3 Å². The summed E-state index contributed by atoms with van der Waals surface area (Å²) in [6, 6.07) is -10.5. The summed E-state index contributed by atoms with van der Waals surface area (Å²) in [6.07, 6.45) is -11.6. The van der Waals surface area contributed by atoms with Crippen molar-refractivity contribution in [2.75, 3.05) is 13.1 Å². The first-order chi connectivity index (χ1) is 37.8. The number of nitrogens with zero attached hydrogens (tertiary/aromatic N) is 2. The summed E-state index contributed by atoms with van der Waals surface area (Å²) in [6.45, 7) is 7.86. The summed E-state index contributed by atoms with van der Waals surface area (Å²) in [5, 5.41) is 111. The van der Waals surface area contributed by atoms with Gasteiger partial charge in [0, 0.05) is 38.3 Å². The molecule has 3 aliphatic rings. The number of hydrogen-bond donors (Lipinski definition) is 16. The van der Waals surface area contributed by atoms with E-state index in [4.69, 9.17) is 5.73 Å². The molecular weight excluding hydrogens is 1090 g/mol. The largest absolute Gasteiger partial charge is 0.504 e. The number of aliphatic hydroxyl groups excluding tert-OH is 8. The van der Waals surface area contributed by atoms with Crippen molar-refractivity contribution in [2.24, 2.45) is 23.5 Å². The topological polar surface area (TPSA) is 475 Å². The van der Waals surface area contributed by atoms with Crippen molar-refractivity contribution in [3.05, 3.63) is 23.8 Å². The fourth-order valence-electron chi connectivity index (χ4n) is 10.2. The highest BCUT2D eigenvalue weighted by Gasteiger charge is 2.51. The van der Waals surface area contributed by atoms with Crippen LogP contribution in [0.3, 0.4) is 0 Å². The lowest BCUT2D eigenvalue weighted by Gasteiger charge is -2.34. The van der Waals surface area contributed by atoms with Crippen molar-refractivity contribution in [2.45, 2.75) is 203 Å². The first kappa shape index (κ1) is 67.7. The predicted molar refractivity (Wildman–Crippen MR) is 282 cm³/mol. The maximum absolute atomic E-state index is 14.6. The number of fused-ring (bicyclic) bond motifs is 2. The third kappa shape index (κ3) is 19.4. The van der Waals surface area contributed by atoms with Gasteiger partial charge in [0.05, 0.1) is 30.8 Å². The van der Waals surface area contributed by atoms with Crippen LogP contribution in [0.5, 0.6) is 11.5 Å². The van der Waals surface area contributed by atoms with E-state index in [0.717, 1.165) is 64.0 Å². The Morgan fingerprint density at radius 2 is 1.38 bits per heavy atom. The average molecular weight is 1180 g/mol. The van der Waals surface area contributed by atoms with Crippen LogP contribution in [-0.2, 0) is 48.8 Å². The first-order valence-corrected chi connectivity index (χ1v) is 28.6. The molecule has 3 saturated heterocycles. The summed E-state index contributed by atoms with van der Waals surface area (Å²) in [5.74, 6) is -12.0. The molecule has 1 aromatic carbocycles. The minimum absolute atomic E-state index is 0.119. The highest BCUT2D eigenvalue weighted by molar-refractivity contribution is 7.81. The van der Waals surface area contributed by atoms with Gasteiger partial charge in [0.15, 0.2) is 17.7 Å². The van der Waals surface area contributed by atoms with E-state index in [9.17, 15) is 97.3 Å². The number of phenolic OH excluding ortho intramolecular Hbond substituents is 1. The van der Waals surface area contributed by atoms with Gasteiger partial charge in [0.2, 0.25) is 47.3 Å². The van der Waals surface area contributed by atoms with Gasteiger partial charge in [-0.1, -0.05) is 78.7 Å². The SMILES string of the molecule is CCC(C)CC(C)CCCCCCCCC(=O)NC1CC(O)C(O)NC(=O)C2C(O)C(C)CN2C(=O)C(C(O)CC(N)=O)NC(=O)C(C(O)C(O)c2ccc(O)c(OS(=O)(=O)O)c2)NC(=O)C2CC(O)CN2C(=O)C(C(C)O)NC1=O. The van der Waals surface area contributed by atoms with Crippen LogP contribution in [0, 0.1) is 17.8 Å². The van der Waals surface area contributed by atoms with Crippen molar-refractivity contribution >= 4 is 57.7 Å². The molecule has 30 heteroatoms. The van der Waals surface area contributed by atoms with Crippen LogP contribution in [0.25, 0.3) is 0 Å². The Balaban J connectivity index is 1.75. The number of phenols is 1. The molecule has 0 aliphatic carbocycles. The zero-order valence-corrected chi connectivity index (χ0v) is 46.8. The molecule has 3 fully saturated rings. The van der Waals surface area contributed by atoms with Gasteiger partial charge >= 0.3 is 10.4 Å². The zero-order chi connectivity index (χ0) is 60.8. The standard InChI is InChI=1S/C51H82N8O21S/c1-6-24(2)17-25(3)13-11-9-7-8-10-12-14-37(66)53-30-20-34(64)47(72)57-49(74)41-42(67)26(4)22-59(41)51(76)39(33(63)21-36(52)65)55-48(73)40(44(69)43(68)28-15-16-32(62)35(18-28)80-81(77,78)79)56-46(71)31-19-29(61)23-58(31)50(75)38(27(5)60)54-45(30)70/h15-16,18,24-27,29-31,33-34,38-44,47,60-64,67-69,72H,6-14,17,19-23H2,1-5H3,(H2,52,65)(H,53,66)(H,54,70)(H,55,73)(H,56,71)(H,57,74)(H,77,78,79). The number of primary amides is 1. The second kappa shape index (κ2) is 30.5. The number of amides is 8. The van der Waals surface area contributed by atoms with Gasteiger partial charge in [0.1, 0.15) is 54.6 Å². The lowest BCUT2D eigenvalue weighted by Crippen LogP contribution is -2.64. The van der Waals surface area contributed by atoms with E-state index in [2.05, 4.69) is 40.9 Å². The summed E-state index contributed by atoms with van der Waals surface area (Å²) in [7, 11) is -5.33. The molecule has 4 rings (SSSR count). The molecule has 17 atom stereocenters. The van der Waals surface area contributed by atoms with E-state index in [0.29, 0.717) is 40.5 Å². The van der Waals surface area contributed by atoms with Crippen LogP contribution in [0.1, 0.15) is 130 Å². The van der Waals surface area contributed by atoms with E-state index in [1.54, 1.807) is 0 Å². The second-order valence-electron chi connectivity index (χ2n) is 21.8. The van der Waals surface area contributed by atoms with E-state index in [1.807, 2.05) is 10.6 Å². The summed E-state index contributed by atoms with van der Waals surface area (Å²) in [4.78, 5) is 113. The number of unbranched alkanes of at least 4 members (excludes halogenated alkanes) is 5. The minimum atomic E-state index is -5.33. The molecule has 29 nitrogen and oxygen atoms in total. The molecule has 17 unspecified atom stereocenters. The Labute approximate surface area is 469 Å². The van der Waals surface area contributed by atoms with E-state index in [1.165, 1.54) is 6.92 Å². The fourth-order valence-corrected chi connectivity index (χ4v) is 10.6. The maximum atomic E-state index is 14.6. The average Bonchev–Trinajstić information content (AvgIpc) is 4.12. The van der Waals surface area contributed by atoms with Crippen LogP contribution in [0.4, 0.5) is 0 Å². The van der Waals surface area contributed by atoms with Crippen LogP contribution in [-0.4, -0.2) is 208 Å². The summed E-state index contributed by atoms with van der Waals surface area (Å²) in [5.41, 5.74) is 4.75. The zero-order valence-electron chi connectivity index (χ0n) is 46.0. The minimum Gasteiger partial charge on any atom is -0.504 e. The molecule has 0 saturated carbocycles. The smallest absolute Gasteiger partial charge is 0.446 e. The van der Waals surface area contributed by atoms with Gasteiger partial charge in [-0.15, -0.1) is 0 Å². The highest BCUT2D eigenvalue weighted by Crippen LogP contribution is 2.33. The van der Waals surface area contributed by atoms with Gasteiger partial charge in [0.25, 0.3) is 0 Å². The first-order valence-electron chi connectivity index (χ1n) is 27.2. The van der Waals surface area contributed by atoms with E-state index < -0.39 is 198 Å². The Kier molecular flexibility index (Phi) is 25.5. The van der Waals surface area contributed by atoms with Gasteiger partial charge in [-0.05, 0) is 49.3 Å². The van der Waals surface area contributed by atoms with Crippen molar-refractivity contribution in [1.82, 2.24) is 36.4 Å². The number of aliphatic hydroxyl groups is 8. The Morgan fingerprint density at radius 1 is 0.778 bits per heavy atom. The molecular formula is C51H82N8O21S. The number of nitrogens with two attached hydrogens (primary N) is 1. The van der Waals surface area contributed by atoms with E-state index >= 15 is 0 Å². The van der Waals surface area contributed by atoms with E-state index in [-0.39, 0.29) is 6.42 Å². The summed E-state index contributed by atoms with van der Waals surface area (Å²) >= 11 is 0. The lowest BCUT2D eigenvalue weighted by atomic mass is 9.91. The lowest BCUT2D eigenvalue weighted by molar-refractivity contribution is -0.149. The van der Waals surface area contributed by atoms with Crippen LogP contribution < -0.4 is 36.5 Å². The molecule has 8 amide bonds. The van der Waals surface area contributed by atoms with Crippen molar-refractivity contribution < 1.29 is 101 Å². The molecule has 81 heavy (non-hydrogen) atoms. The normalized spacial score (nSPS) is 28.8. The molecule has 0 radical (unpaired) electrons. The summed E-state index contributed by atoms with van der Waals surface area (Å²) < 4.78 is 36.6. The van der Waals surface area contributed by atoms with Gasteiger partial charge in [-0.2, -0.15) is 8.42 Å². The number of benzene rings is 1. The predicted octanol–water partition coefficient (Wildman–Crippen LogP) is -3.91. The number of rotatable bonds is 22. The van der Waals surface area contributed by atoms with Crippen LogP contribution in [0.2, 0.25) is 0 Å². The van der Waals surface area contributed by atoms with Gasteiger partial charge in [-0.25, -0.2) is 0 Å².